The van der Waals surface area contributed by atoms with Crippen molar-refractivity contribution in [3.05, 3.63) is 35.4 Å². The van der Waals surface area contributed by atoms with E-state index in [9.17, 15) is 14.4 Å². The number of likely N-dealkylation sites (tertiary alicyclic amines) is 1. The Kier molecular flexibility index (Phi) is 10.4. The molecule has 32 heavy (non-hydrogen) atoms. The fraction of sp³-hybridized carbons (Fsp3) is 0.545. The average molecular weight is 556 g/mol. The molecule has 0 bridgehead atoms. The monoisotopic (exact) mass is 556 g/mol. The zero-order valence-corrected chi connectivity index (χ0v) is 21.1. The van der Waals surface area contributed by atoms with E-state index in [-0.39, 0.29) is 41.7 Å². The Labute approximate surface area is 206 Å². The Morgan fingerprint density at radius 1 is 1.09 bits per heavy atom. The summed E-state index contributed by atoms with van der Waals surface area (Å²) in [4.78, 5) is 44.0. The van der Waals surface area contributed by atoms with Crippen molar-refractivity contribution in [3.63, 3.8) is 0 Å². The minimum Gasteiger partial charge on any atom is -0.358 e. The third-order valence-corrected chi connectivity index (χ3v) is 5.78. The lowest BCUT2D eigenvalue weighted by atomic mass is 10.1. The van der Waals surface area contributed by atoms with Gasteiger partial charge in [-0.1, -0.05) is 12.1 Å². The summed E-state index contributed by atoms with van der Waals surface area (Å²) in [6.07, 6.45) is 3.46. The number of fused-ring (bicyclic) bond motifs is 1. The summed E-state index contributed by atoms with van der Waals surface area (Å²) >= 11 is 0. The zero-order valence-electron chi connectivity index (χ0n) is 18.7. The van der Waals surface area contributed by atoms with Crippen molar-refractivity contribution >= 4 is 47.7 Å². The summed E-state index contributed by atoms with van der Waals surface area (Å²) < 4.78 is 0. The molecule has 1 fully saturated rings. The number of carbonyl (C=O) groups is 3. The number of imide groups is 1. The van der Waals surface area contributed by atoms with Crippen molar-refractivity contribution in [1.82, 2.24) is 25.8 Å². The second kappa shape index (κ2) is 12.7. The first-order chi connectivity index (χ1) is 15.0. The van der Waals surface area contributed by atoms with Crippen molar-refractivity contribution in [2.24, 2.45) is 4.99 Å². The van der Waals surface area contributed by atoms with Gasteiger partial charge in [0.05, 0.1) is 17.7 Å². The Morgan fingerprint density at radius 3 is 2.28 bits per heavy atom. The summed E-state index contributed by atoms with van der Waals surface area (Å²) in [6.45, 7) is 3.33. The highest BCUT2D eigenvalue weighted by Gasteiger charge is 2.34. The first-order valence-electron chi connectivity index (χ1n) is 10.9. The maximum Gasteiger partial charge on any atom is 0.261 e. The van der Waals surface area contributed by atoms with Gasteiger partial charge < -0.3 is 16.0 Å². The van der Waals surface area contributed by atoms with Gasteiger partial charge in [0.25, 0.3) is 11.8 Å². The number of hydrogen-bond acceptors (Lipinski definition) is 5. The van der Waals surface area contributed by atoms with Gasteiger partial charge in [0, 0.05) is 46.3 Å². The van der Waals surface area contributed by atoms with E-state index in [0.29, 0.717) is 36.8 Å². The topological polar surface area (TPSA) is 106 Å². The lowest BCUT2D eigenvalue weighted by Gasteiger charge is -2.32. The van der Waals surface area contributed by atoms with Gasteiger partial charge in [-0.15, -0.1) is 24.0 Å². The van der Waals surface area contributed by atoms with E-state index >= 15 is 0 Å². The van der Waals surface area contributed by atoms with Gasteiger partial charge in [-0.25, -0.2) is 0 Å². The minimum absolute atomic E-state index is 0. The van der Waals surface area contributed by atoms with Crippen LogP contribution in [0, 0.1) is 0 Å². The van der Waals surface area contributed by atoms with Gasteiger partial charge in [-0.3, -0.25) is 29.2 Å². The second-order valence-corrected chi connectivity index (χ2v) is 7.88. The number of benzene rings is 1. The van der Waals surface area contributed by atoms with Crippen LogP contribution in [0.2, 0.25) is 0 Å². The Morgan fingerprint density at radius 2 is 1.72 bits per heavy atom. The van der Waals surface area contributed by atoms with E-state index in [4.69, 9.17) is 0 Å². The molecular weight excluding hydrogens is 523 g/mol. The van der Waals surface area contributed by atoms with Gasteiger partial charge in [-0.05, 0) is 37.8 Å². The van der Waals surface area contributed by atoms with Crippen molar-refractivity contribution < 1.29 is 14.4 Å². The van der Waals surface area contributed by atoms with Gasteiger partial charge in [0.15, 0.2) is 5.96 Å². The number of amides is 3. The zero-order chi connectivity index (χ0) is 22.2. The summed E-state index contributed by atoms with van der Waals surface area (Å²) in [5.74, 6) is 0.401. The number of aliphatic imine (C=N–C) groups is 1. The van der Waals surface area contributed by atoms with Gasteiger partial charge in [0.1, 0.15) is 0 Å². The highest BCUT2D eigenvalue weighted by atomic mass is 127. The van der Waals surface area contributed by atoms with Crippen LogP contribution in [-0.2, 0) is 4.79 Å². The van der Waals surface area contributed by atoms with E-state index in [1.807, 2.05) is 0 Å². The van der Waals surface area contributed by atoms with Crippen molar-refractivity contribution in [2.45, 2.75) is 31.7 Å². The number of carbonyl (C=O) groups excluding carboxylic acids is 3. The summed E-state index contributed by atoms with van der Waals surface area (Å²) in [6, 6.07) is 7.29. The van der Waals surface area contributed by atoms with Gasteiger partial charge in [0.2, 0.25) is 5.91 Å². The van der Waals surface area contributed by atoms with Gasteiger partial charge in [-0.2, -0.15) is 0 Å². The molecule has 1 aromatic carbocycles. The highest BCUT2D eigenvalue weighted by Crippen LogP contribution is 2.22. The molecule has 0 unspecified atom stereocenters. The number of hydrogen-bond donors (Lipinski definition) is 3. The van der Waals surface area contributed by atoms with E-state index in [1.54, 1.807) is 38.4 Å². The van der Waals surface area contributed by atoms with Crippen LogP contribution in [0.1, 0.15) is 46.4 Å². The first-order valence-corrected chi connectivity index (χ1v) is 10.9. The molecule has 0 saturated carbocycles. The smallest absolute Gasteiger partial charge is 0.261 e. The third-order valence-electron chi connectivity index (χ3n) is 5.78. The molecule has 2 aliphatic rings. The maximum absolute atomic E-state index is 12.4. The molecule has 0 atom stereocenters. The largest absolute Gasteiger partial charge is 0.358 e. The molecule has 0 radical (unpaired) electrons. The fourth-order valence-corrected chi connectivity index (χ4v) is 3.95. The molecule has 3 rings (SSSR count). The summed E-state index contributed by atoms with van der Waals surface area (Å²) in [5, 5.41) is 9.41. The van der Waals surface area contributed by atoms with Crippen LogP contribution < -0.4 is 16.0 Å². The Hall–Kier alpha value is -2.21. The second-order valence-electron chi connectivity index (χ2n) is 7.88. The van der Waals surface area contributed by atoms with Crippen molar-refractivity contribution in [3.8, 4) is 0 Å². The number of rotatable bonds is 8. The quantitative estimate of drug-likeness (QED) is 0.145. The van der Waals surface area contributed by atoms with Crippen LogP contribution in [-0.4, -0.2) is 86.3 Å². The normalized spacial score (nSPS) is 17.1. The standard InChI is InChI=1S/C22H32N6O3.HI/c1-23-19(29)15-27-13-9-16(10-14-27)26-22(24-2)25-11-5-6-12-28-20(30)17-7-3-4-8-18(17)21(28)31;/h3-4,7-8,16H,5-6,9-15H2,1-2H3,(H,23,29)(H2,24,25,26);1H. The van der Waals surface area contributed by atoms with E-state index < -0.39 is 0 Å². The summed E-state index contributed by atoms with van der Waals surface area (Å²) in [5.41, 5.74) is 0.994. The van der Waals surface area contributed by atoms with Crippen LogP contribution in [0.15, 0.2) is 29.3 Å². The van der Waals surface area contributed by atoms with E-state index in [2.05, 4.69) is 25.8 Å². The van der Waals surface area contributed by atoms with Gasteiger partial charge >= 0.3 is 0 Å². The molecule has 0 aromatic heterocycles. The van der Waals surface area contributed by atoms with Crippen molar-refractivity contribution in [1.29, 1.82) is 0 Å². The minimum atomic E-state index is -0.200. The lowest BCUT2D eigenvalue weighted by molar-refractivity contribution is -0.122. The Balaban J connectivity index is 0.00000363. The molecule has 2 aliphatic heterocycles. The molecule has 3 amide bonds. The number of nitrogens with one attached hydrogen (secondary N) is 3. The maximum atomic E-state index is 12.4. The number of piperidine rings is 1. The molecule has 1 saturated heterocycles. The van der Waals surface area contributed by atoms with E-state index in [0.717, 1.165) is 44.7 Å². The molecule has 0 aliphatic carbocycles. The van der Waals surface area contributed by atoms with Crippen LogP contribution >= 0.6 is 24.0 Å². The predicted octanol–water partition coefficient (Wildman–Crippen LogP) is 1.06. The molecule has 2 heterocycles. The first kappa shape index (κ1) is 26.0. The number of likely N-dealkylation sites (N-methyl/N-ethyl adjacent to an activating group) is 1. The van der Waals surface area contributed by atoms with Crippen molar-refractivity contribution in [2.75, 3.05) is 46.8 Å². The molecule has 10 heteroatoms. The molecular formula is C22H33IN6O3. The average Bonchev–Trinajstić information content (AvgIpc) is 3.04. The number of unbranched alkanes of at least 4 members (excludes halogenated alkanes) is 1. The number of nitrogens with zero attached hydrogens (tertiary/aromatic N) is 3. The van der Waals surface area contributed by atoms with Crippen LogP contribution in [0.3, 0.4) is 0 Å². The lowest BCUT2D eigenvalue weighted by Crippen LogP contribution is -2.50. The molecule has 0 spiro atoms. The molecule has 1 aromatic rings. The molecule has 9 nitrogen and oxygen atoms in total. The highest BCUT2D eigenvalue weighted by molar-refractivity contribution is 14.0. The summed E-state index contributed by atoms with van der Waals surface area (Å²) in [7, 11) is 3.40. The van der Waals surface area contributed by atoms with Crippen LogP contribution in [0.5, 0.6) is 0 Å². The SMILES string of the molecule is CN=C(NCCCCN1C(=O)c2ccccc2C1=O)NC1CCN(CC(=O)NC)CC1.I. The fourth-order valence-electron chi connectivity index (χ4n) is 3.95. The number of halogens is 1. The van der Waals surface area contributed by atoms with Crippen LogP contribution in [0.4, 0.5) is 0 Å². The number of guanidine groups is 1. The predicted molar refractivity (Wildman–Crippen MR) is 134 cm³/mol. The van der Waals surface area contributed by atoms with E-state index in [1.165, 1.54) is 4.90 Å². The molecule has 3 N–H and O–H groups in total. The van der Waals surface area contributed by atoms with Crippen LogP contribution in [0.25, 0.3) is 0 Å². The molecule has 176 valence electrons. The third kappa shape index (κ3) is 6.64. The Bertz CT molecular complexity index is 804.